The van der Waals surface area contributed by atoms with Gasteiger partial charge in [0, 0.05) is 33.7 Å². The Morgan fingerprint density at radius 3 is 2.93 bits per heavy atom. The first-order valence-electron chi connectivity index (χ1n) is 5.72. The van der Waals surface area contributed by atoms with Crippen molar-refractivity contribution in [2.75, 3.05) is 33.8 Å². The zero-order chi connectivity index (χ0) is 11.1. The normalized spacial score (nSPS) is 21.3. The summed E-state index contributed by atoms with van der Waals surface area (Å²) in [6.07, 6.45) is 4.12. The van der Waals surface area contributed by atoms with Crippen LogP contribution < -0.4 is 5.32 Å². The molecule has 0 spiro atoms. The summed E-state index contributed by atoms with van der Waals surface area (Å²) < 4.78 is 5.68. The van der Waals surface area contributed by atoms with E-state index in [9.17, 15) is 4.79 Å². The van der Waals surface area contributed by atoms with Gasteiger partial charge in [-0.15, -0.1) is 0 Å². The summed E-state index contributed by atoms with van der Waals surface area (Å²) in [7, 11) is 3.57. The fraction of sp³-hybridized carbons (Fsp3) is 0.909. The highest BCUT2D eigenvalue weighted by Crippen LogP contribution is 2.06. The molecule has 88 valence electrons. The Balaban J connectivity index is 1.98. The molecule has 1 atom stereocenters. The molecule has 0 radical (unpaired) electrons. The Kier molecular flexibility index (Phi) is 5.65. The highest BCUT2D eigenvalue weighted by atomic mass is 16.5. The van der Waals surface area contributed by atoms with Gasteiger partial charge in [-0.3, -0.25) is 4.79 Å². The van der Waals surface area contributed by atoms with Gasteiger partial charge in [-0.1, -0.05) is 0 Å². The molecular weight excluding hydrogens is 192 g/mol. The number of carbonyl (C=O) groups is 1. The van der Waals surface area contributed by atoms with E-state index in [0.717, 1.165) is 25.9 Å². The van der Waals surface area contributed by atoms with Crippen LogP contribution >= 0.6 is 0 Å². The predicted octanol–water partition coefficient (Wildman–Crippen LogP) is 0.623. The van der Waals surface area contributed by atoms with Gasteiger partial charge in [0.2, 0.25) is 5.91 Å². The molecule has 1 rings (SSSR count). The minimum Gasteiger partial charge on any atom is -0.377 e. The summed E-state index contributed by atoms with van der Waals surface area (Å²) in [5, 5.41) is 3.30. The Hall–Kier alpha value is -0.610. The Bertz CT molecular complexity index is 189. The van der Waals surface area contributed by atoms with E-state index in [1.807, 2.05) is 0 Å². The van der Waals surface area contributed by atoms with E-state index in [-0.39, 0.29) is 5.91 Å². The van der Waals surface area contributed by atoms with Gasteiger partial charge in [0.05, 0.1) is 6.10 Å². The lowest BCUT2D eigenvalue weighted by atomic mass is 10.1. The molecule has 0 unspecified atom stereocenters. The maximum atomic E-state index is 11.3. The van der Waals surface area contributed by atoms with E-state index < -0.39 is 0 Å². The van der Waals surface area contributed by atoms with Crippen LogP contribution in [0, 0.1) is 0 Å². The maximum Gasteiger partial charge on any atom is 0.222 e. The van der Waals surface area contributed by atoms with Crippen molar-refractivity contribution >= 4 is 5.91 Å². The summed E-state index contributed by atoms with van der Waals surface area (Å²) in [5.74, 6) is 0.181. The molecule has 1 saturated heterocycles. The second-order valence-electron chi connectivity index (χ2n) is 4.23. The number of hydrogen-bond acceptors (Lipinski definition) is 3. The Morgan fingerprint density at radius 1 is 1.53 bits per heavy atom. The molecule has 0 aromatic carbocycles. The van der Waals surface area contributed by atoms with Crippen molar-refractivity contribution in [3.8, 4) is 0 Å². The van der Waals surface area contributed by atoms with Crippen molar-refractivity contribution in [1.82, 2.24) is 10.2 Å². The van der Waals surface area contributed by atoms with Crippen LogP contribution in [0.3, 0.4) is 0 Å². The lowest BCUT2D eigenvalue weighted by molar-refractivity contribution is -0.129. The molecule has 1 N–H and O–H groups in total. The summed E-state index contributed by atoms with van der Waals surface area (Å²) in [6, 6.07) is 0. The van der Waals surface area contributed by atoms with Crippen LogP contribution in [0.2, 0.25) is 0 Å². The first kappa shape index (κ1) is 12.5. The lowest BCUT2D eigenvalue weighted by Crippen LogP contribution is -2.35. The average Bonchev–Trinajstić information content (AvgIpc) is 2.25. The molecule has 0 saturated carbocycles. The molecule has 1 fully saturated rings. The third kappa shape index (κ3) is 5.14. The summed E-state index contributed by atoms with van der Waals surface area (Å²) in [4.78, 5) is 12.9. The fourth-order valence-electron chi connectivity index (χ4n) is 1.66. The van der Waals surface area contributed by atoms with Crippen molar-refractivity contribution in [3.63, 3.8) is 0 Å². The zero-order valence-corrected chi connectivity index (χ0v) is 9.79. The molecule has 0 bridgehead atoms. The van der Waals surface area contributed by atoms with Gasteiger partial charge >= 0.3 is 0 Å². The molecule has 0 aromatic heterocycles. The molecule has 15 heavy (non-hydrogen) atoms. The SMILES string of the molecule is CN(C)C(=O)CCCO[C@H]1CCCNC1. The molecule has 1 aliphatic rings. The van der Waals surface area contributed by atoms with E-state index in [1.54, 1.807) is 19.0 Å². The summed E-state index contributed by atoms with van der Waals surface area (Å²) in [5.41, 5.74) is 0. The quantitative estimate of drug-likeness (QED) is 0.682. The van der Waals surface area contributed by atoms with Gasteiger partial charge < -0.3 is 15.0 Å². The largest absolute Gasteiger partial charge is 0.377 e. The van der Waals surface area contributed by atoms with E-state index >= 15 is 0 Å². The summed E-state index contributed by atoms with van der Waals surface area (Å²) >= 11 is 0. The van der Waals surface area contributed by atoms with Gasteiger partial charge in [-0.25, -0.2) is 0 Å². The monoisotopic (exact) mass is 214 g/mol. The van der Waals surface area contributed by atoms with Crippen LogP contribution in [0.1, 0.15) is 25.7 Å². The standard InChI is InChI=1S/C11H22N2O2/c1-13(2)11(14)6-4-8-15-10-5-3-7-12-9-10/h10,12H,3-9H2,1-2H3/t10-/m0/s1. The van der Waals surface area contributed by atoms with Crippen LogP contribution in [-0.2, 0) is 9.53 Å². The van der Waals surface area contributed by atoms with Gasteiger partial charge in [-0.2, -0.15) is 0 Å². The van der Waals surface area contributed by atoms with Gasteiger partial charge in [0.25, 0.3) is 0 Å². The molecule has 0 aliphatic carbocycles. The topological polar surface area (TPSA) is 41.6 Å². The maximum absolute atomic E-state index is 11.3. The number of ether oxygens (including phenoxy) is 1. The van der Waals surface area contributed by atoms with Crippen LogP contribution in [0.5, 0.6) is 0 Å². The second-order valence-corrected chi connectivity index (χ2v) is 4.23. The van der Waals surface area contributed by atoms with Crippen molar-refractivity contribution in [3.05, 3.63) is 0 Å². The van der Waals surface area contributed by atoms with E-state index in [2.05, 4.69) is 5.32 Å². The first-order valence-corrected chi connectivity index (χ1v) is 5.72. The molecule has 1 aliphatic heterocycles. The van der Waals surface area contributed by atoms with E-state index in [1.165, 1.54) is 6.42 Å². The number of hydrogen-bond donors (Lipinski definition) is 1. The van der Waals surface area contributed by atoms with E-state index in [0.29, 0.717) is 19.1 Å². The highest BCUT2D eigenvalue weighted by molar-refractivity contribution is 5.75. The summed E-state index contributed by atoms with van der Waals surface area (Å²) in [6.45, 7) is 2.77. The van der Waals surface area contributed by atoms with Crippen LogP contribution in [0.25, 0.3) is 0 Å². The third-order valence-corrected chi connectivity index (χ3v) is 2.64. The molecule has 1 heterocycles. The van der Waals surface area contributed by atoms with Crippen molar-refractivity contribution in [2.45, 2.75) is 31.8 Å². The van der Waals surface area contributed by atoms with Crippen LogP contribution in [-0.4, -0.2) is 50.7 Å². The molecule has 4 nitrogen and oxygen atoms in total. The van der Waals surface area contributed by atoms with Gasteiger partial charge in [0.15, 0.2) is 0 Å². The molecule has 4 heteroatoms. The van der Waals surface area contributed by atoms with Crippen molar-refractivity contribution < 1.29 is 9.53 Å². The van der Waals surface area contributed by atoms with Crippen LogP contribution in [0.4, 0.5) is 0 Å². The molecule has 1 amide bonds. The number of amides is 1. The Labute approximate surface area is 92.0 Å². The average molecular weight is 214 g/mol. The predicted molar refractivity (Wildman–Crippen MR) is 59.8 cm³/mol. The number of nitrogens with zero attached hydrogens (tertiary/aromatic N) is 1. The van der Waals surface area contributed by atoms with Gasteiger partial charge in [-0.05, 0) is 25.8 Å². The van der Waals surface area contributed by atoms with Crippen molar-refractivity contribution in [2.24, 2.45) is 0 Å². The highest BCUT2D eigenvalue weighted by Gasteiger charge is 2.12. The minimum atomic E-state index is 0.181. The van der Waals surface area contributed by atoms with E-state index in [4.69, 9.17) is 4.74 Å². The van der Waals surface area contributed by atoms with Crippen molar-refractivity contribution in [1.29, 1.82) is 0 Å². The van der Waals surface area contributed by atoms with Crippen LogP contribution in [0.15, 0.2) is 0 Å². The molecule has 0 aromatic rings. The smallest absolute Gasteiger partial charge is 0.222 e. The van der Waals surface area contributed by atoms with Gasteiger partial charge in [0.1, 0.15) is 0 Å². The lowest BCUT2D eigenvalue weighted by Gasteiger charge is -2.23. The zero-order valence-electron chi connectivity index (χ0n) is 9.79. The fourth-order valence-corrected chi connectivity index (χ4v) is 1.66. The number of rotatable bonds is 5. The minimum absolute atomic E-state index is 0.181. The third-order valence-electron chi connectivity index (χ3n) is 2.64. The first-order chi connectivity index (χ1) is 7.20. The number of carbonyl (C=O) groups excluding carboxylic acids is 1. The Morgan fingerprint density at radius 2 is 2.33 bits per heavy atom. The number of nitrogens with one attached hydrogen (secondary N) is 1. The molecular formula is C11H22N2O2. The second kappa shape index (κ2) is 6.80. The number of piperidine rings is 1.